The summed E-state index contributed by atoms with van der Waals surface area (Å²) in [5, 5.41) is 7.66. The Morgan fingerprint density at radius 3 is 2.42 bits per heavy atom. The predicted molar refractivity (Wildman–Crippen MR) is 80.2 cm³/mol. The van der Waals surface area contributed by atoms with Crippen LogP contribution in [0.1, 0.15) is 18.1 Å². The molecule has 0 saturated heterocycles. The highest BCUT2D eigenvalue weighted by Gasteiger charge is 2.04. The van der Waals surface area contributed by atoms with Crippen molar-refractivity contribution in [3.63, 3.8) is 0 Å². The summed E-state index contributed by atoms with van der Waals surface area (Å²) < 4.78 is 0. The van der Waals surface area contributed by atoms with Crippen LogP contribution in [0.15, 0.2) is 53.5 Å². The number of rotatable bonds is 3. The van der Waals surface area contributed by atoms with Crippen LogP contribution < -0.4 is 11.5 Å². The minimum absolute atomic E-state index is 0.410. The molecule has 96 valence electrons. The molecule has 0 aliphatic carbocycles. The summed E-state index contributed by atoms with van der Waals surface area (Å²) in [6.07, 6.45) is 0. The molecule has 0 unspecified atom stereocenters. The lowest BCUT2D eigenvalue weighted by Gasteiger charge is -2.06. The monoisotopic (exact) mass is 252 g/mol. The van der Waals surface area contributed by atoms with Crippen molar-refractivity contribution in [1.29, 1.82) is 5.41 Å². The summed E-state index contributed by atoms with van der Waals surface area (Å²) in [7, 11) is 0. The molecule has 0 radical (unpaired) electrons. The van der Waals surface area contributed by atoms with Crippen molar-refractivity contribution in [2.45, 2.75) is 6.92 Å². The number of hydrogen-bond acceptors (Lipinski definition) is 3. The molecule has 2 rings (SSSR count). The van der Waals surface area contributed by atoms with Crippen molar-refractivity contribution in [2.75, 3.05) is 5.73 Å². The molecule has 5 N–H and O–H groups in total. The van der Waals surface area contributed by atoms with Crippen LogP contribution in [-0.4, -0.2) is 11.5 Å². The second kappa shape index (κ2) is 5.35. The number of aliphatic imine (C=N–C) groups is 1. The largest absolute Gasteiger partial charge is 0.398 e. The summed E-state index contributed by atoms with van der Waals surface area (Å²) in [4.78, 5) is 4.36. The average molecular weight is 252 g/mol. The van der Waals surface area contributed by atoms with E-state index in [9.17, 15) is 0 Å². The Morgan fingerprint density at radius 1 is 1.11 bits per heavy atom. The average Bonchev–Trinajstić information content (AvgIpc) is 2.41. The van der Waals surface area contributed by atoms with Gasteiger partial charge < -0.3 is 16.9 Å². The molecule has 0 atom stereocenters. The molecule has 4 heteroatoms. The van der Waals surface area contributed by atoms with Crippen molar-refractivity contribution < 1.29 is 0 Å². The highest BCUT2D eigenvalue weighted by Crippen LogP contribution is 2.21. The van der Waals surface area contributed by atoms with Crippen LogP contribution in [0.3, 0.4) is 0 Å². The third-order valence-corrected chi connectivity index (χ3v) is 2.76. The van der Waals surface area contributed by atoms with Crippen LogP contribution in [-0.2, 0) is 0 Å². The van der Waals surface area contributed by atoms with E-state index in [1.807, 2.05) is 30.3 Å². The molecule has 0 aliphatic heterocycles. The van der Waals surface area contributed by atoms with Crippen LogP contribution >= 0.6 is 0 Å². The van der Waals surface area contributed by atoms with Gasteiger partial charge >= 0.3 is 0 Å². The van der Waals surface area contributed by atoms with Gasteiger partial charge in [0.15, 0.2) is 0 Å². The van der Waals surface area contributed by atoms with Crippen LogP contribution in [0, 0.1) is 5.41 Å². The number of hydrogen-bond donors (Lipinski definition) is 3. The van der Waals surface area contributed by atoms with Gasteiger partial charge in [0.1, 0.15) is 5.84 Å². The molecule has 2 aromatic rings. The molecule has 19 heavy (non-hydrogen) atoms. The van der Waals surface area contributed by atoms with Crippen LogP contribution in [0.25, 0.3) is 0 Å². The number of nitrogens with two attached hydrogens (primary N) is 2. The van der Waals surface area contributed by atoms with Gasteiger partial charge in [0.05, 0.1) is 5.69 Å². The smallest absolute Gasteiger partial charge is 0.131 e. The highest BCUT2D eigenvalue weighted by molar-refractivity contribution is 6.03. The summed E-state index contributed by atoms with van der Waals surface area (Å²) in [6, 6.07) is 14.9. The summed E-state index contributed by atoms with van der Waals surface area (Å²) in [5.41, 5.74) is 15.0. The van der Waals surface area contributed by atoms with Gasteiger partial charge in [-0.1, -0.05) is 30.3 Å². The SMILES string of the molecule is CC(=N)c1cc(N=C(N)c2ccccc2)ccc1N. The van der Waals surface area contributed by atoms with Gasteiger partial charge in [-0.05, 0) is 25.1 Å². The van der Waals surface area contributed by atoms with Crippen molar-refractivity contribution in [3.8, 4) is 0 Å². The zero-order valence-corrected chi connectivity index (χ0v) is 10.7. The predicted octanol–water partition coefficient (Wildman–Crippen LogP) is 2.69. The molecule has 0 heterocycles. The second-order valence-electron chi connectivity index (χ2n) is 4.26. The first-order valence-electron chi connectivity index (χ1n) is 5.92. The minimum atomic E-state index is 0.410. The quantitative estimate of drug-likeness (QED) is 0.445. The van der Waals surface area contributed by atoms with Gasteiger partial charge in [-0.3, -0.25) is 0 Å². The Bertz CT molecular complexity index is 630. The van der Waals surface area contributed by atoms with Crippen molar-refractivity contribution >= 4 is 22.9 Å². The van der Waals surface area contributed by atoms with Gasteiger partial charge in [-0.15, -0.1) is 0 Å². The molecule has 0 aromatic heterocycles. The number of anilines is 1. The zero-order chi connectivity index (χ0) is 13.8. The van der Waals surface area contributed by atoms with Gasteiger partial charge in [0, 0.05) is 22.5 Å². The first-order valence-corrected chi connectivity index (χ1v) is 5.92. The first kappa shape index (κ1) is 12.8. The Hall–Kier alpha value is -2.62. The highest BCUT2D eigenvalue weighted by atomic mass is 14.9. The maximum absolute atomic E-state index is 7.66. The fraction of sp³-hybridized carbons (Fsp3) is 0.0667. The number of amidine groups is 1. The summed E-state index contributed by atoms with van der Waals surface area (Å²) in [5.74, 6) is 0.443. The van der Waals surface area contributed by atoms with Crippen molar-refractivity contribution in [3.05, 3.63) is 59.7 Å². The lowest BCUT2D eigenvalue weighted by atomic mass is 10.1. The number of nitrogens with zero attached hydrogens (tertiary/aromatic N) is 1. The number of nitrogen functional groups attached to an aromatic ring is 1. The van der Waals surface area contributed by atoms with E-state index in [4.69, 9.17) is 16.9 Å². The van der Waals surface area contributed by atoms with Gasteiger partial charge in [0.25, 0.3) is 0 Å². The standard InChI is InChI=1S/C15H16N4/c1-10(16)13-9-12(7-8-14(13)17)19-15(18)11-5-3-2-4-6-11/h2-9,16H,17H2,1H3,(H2,18,19). The van der Waals surface area contributed by atoms with E-state index in [-0.39, 0.29) is 0 Å². The van der Waals surface area contributed by atoms with E-state index in [0.717, 1.165) is 5.56 Å². The maximum atomic E-state index is 7.66. The lowest BCUT2D eigenvalue weighted by molar-refractivity contribution is 1.42. The van der Waals surface area contributed by atoms with Crippen molar-refractivity contribution in [2.24, 2.45) is 10.7 Å². The fourth-order valence-corrected chi connectivity index (χ4v) is 1.75. The van der Waals surface area contributed by atoms with E-state index < -0.39 is 0 Å². The summed E-state index contributed by atoms with van der Waals surface area (Å²) in [6.45, 7) is 1.69. The fourth-order valence-electron chi connectivity index (χ4n) is 1.75. The van der Waals surface area contributed by atoms with Crippen LogP contribution in [0.2, 0.25) is 0 Å². The molecule has 4 nitrogen and oxygen atoms in total. The second-order valence-corrected chi connectivity index (χ2v) is 4.26. The molecular formula is C15H16N4. The number of benzene rings is 2. The molecule has 0 bridgehead atoms. The maximum Gasteiger partial charge on any atom is 0.131 e. The molecule has 0 spiro atoms. The van der Waals surface area contributed by atoms with Crippen LogP contribution in [0.4, 0.5) is 11.4 Å². The van der Waals surface area contributed by atoms with E-state index in [0.29, 0.717) is 28.5 Å². The Morgan fingerprint density at radius 2 is 1.79 bits per heavy atom. The Balaban J connectivity index is 2.38. The molecule has 2 aromatic carbocycles. The molecule has 0 saturated carbocycles. The van der Waals surface area contributed by atoms with E-state index in [1.54, 1.807) is 25.1 Å². The van der Waals surface area contributed by atoms with Crippen LogP contribution in [0.5, 0.6) is 0 Å². The minimum Gasteiger partial charge on any atom is -0.398 e. The third kappa shape index (κ3) is 2.98. The first-order chi connectivity index (χ1) is 9.08. The Kier molecular flexibility index (Phi) is 3.61. The lowest BCUT2D eigenvalue weighted by Crippen LogP contribution is -2.12. The van der Waals surface area contributed by atoms with Crippen molar-refractivity contribution in [1.82, 2.24) is 0 Å². The molecule has 0 fully saturated rings. The number of nitrogens with one attached hydrogen (secondary N) is 1. The third-order valence-electron chi connectivity index (χ3n) is 2.76. The molecular weight excluding hydrogens is 236 g/mol. The van der Waals surface area contributed by atoms with E-state index >= 15 is 0 Å². The normalized spacial score (nSPS) is 11.3. The van der Waals surface area contributed by atoms with Gasteiger partial charge in [-0.2, -0.15) is 0 Å². The summed E-state index contributed by atoms with van der Waals surface area (Å²) >= 11 is 0. The Labute approximate surface area is 112 Å². The topological polar surface area (TPSA) is 88.2 Å². The molecule has 0 aliphatic rings. The van der Waals surface area contributed by atoms with E-state index in [2.05, 4.69) is 4.99 Å². The van der Waals surface area contributed by atoms with E-state index in [1.165, 1.54) is 0 Å². The van der Waals surface area contributed by atoms with Gasteiger partial charge in [0.2, 0.25) is 0 Å². The zero-order valence-electron chi connectivity index (χ0n) is 10.7. The molecule has 0 amide bonds. The van der Waals surface area contributed by atoms with Gasteiger partial charge in [-0.25, -0.2) is 4.99 Å².